The first-order valence-electron chi connectivity index (χ1n) is 7.12. The first-order valence-corrected chi connectivity index (χ1v) is 7.52. The lowest BCUT2D eigenvalue weighted by Gasteiger charge is -2.25. The van der Waals surface area contributed by atoms with Gasteiger partial charge in [0.15, 0.2) is 0 Å². The van der Waals surface area contributed by atoms with Crippen LogP contribution < -0.4 is 10.5 Å². The van der Waals surface area contributed by atoms with Crippen LogP contribution in [-0.4, -0.2) is 36.0 Å². The fraction of sp³-hybridized carbons (Fsp3) is 0.500. The van der Waals surface area contributed by atoms with Crippen LogP contribution in [0.15, 0.2) is 24.3 Å². The molecule has 1 aromatic carbocycles. The first-order chi connectivity index (χ1) is 9.93. The fourth-order valence-corrected chi connectivity index (χ4v) is 2.22. The largest absolute Gasteiger partial charge is 0.496 e. The van der Waals surface area contributed by atoms with E-state index in [1.807, 2.05) is 29.2 Å². The lowest BCUT2D eigenvalue weighted by molar-refractivity contribution is -0.130. The van der Waals surface area contributed by atoms with Crippen LogP contribution in [0.4, 0.5) is 0 Å². The summed E-state index contributed by atoms with van der Waals surface area (Å²) in [6.45, 7) is 5.45. The Morgan fingerprint density at radius 2 is 2.05 bits per heavy atom. The molecular formula is C16H24N2O2S. The summed E-state index contributed by atoms with van der Waals surface area (Å²) in [4.78, 5) is 14.8. The van der Waals surface area contributed by atoms with Gasteiger partial charge in [-0.3, -0.25) is 4.79 Å². The first kappa shape index (κ1) is 17.4. The van der Waals surface area contributed by atoms with Crippen LogP contribution in [0, 0.1) is 5.92 Å². The maximum absolute atomic E-state index is 12.5. The Bertz CT molecular complexity index is 489. The summed E-state index contributed by atoms with van der Waals surface area (Å²) < 4.78 is 5.29. The summed E-state index contributed by atoms with van der Waals surface area (Å²) >= 11 is 4.90. The highest BCUT2D eigenvalue weighted by Gasteiger charge is 2.17. The van der Waals surface area contributed by atoms with E-state index in [-0.39, 0.29) is 5.91 Å². The summed E-state index contributed by atoms with van der Waals surface area (Å²) in [5.41, 5.74) is 6.44. The smallest absolute Gasteiger partial charge is 0.227 e. The SMILES string of the molecule is COc1ccccc1CC(=O)N(CCC(N)=S)CC(C)C. The van der Waals surface area contributed by atoms with Gasteiger partial charge in [-0.25, -0.2) is 0 Å². The van der Waals surface area contributed by atoms with Crippen LogP contribution in [0.25, 0.3) is 0 Å². The van der Waals surface area contributed by atoms with Gasteiger partial charge >= 0.3 is 0 Å². The quantitative estimate of drug-likeness (QED) is 0.749. The van der Waals surface area contributed by atoms with E-state index in [9.17, 15) is 4.79 Å². The van der Waals surface area contributed by atoms with E-state index in [0.717, 1.165) is 11.3 Å². The highest BCUT2D eigenvalue weighted by Crippen LogP contribution is 2.18. The van der Waals surface area contributed by atoms with Crippen LogP contribution in [0.1, 0.15) is 25.8 Å². The van der Waals surface area contributed by atoms with Crippen LogP contribution >= 0.6 is 12.2 Å². The molecule has 0 saturated heterocycles. The van der Waals surface area contributed by atoms with E-state index in [1.54, 1.807) is 7.11 Å². The van der Waals surface area contributed by atoms with Gasteiger partial charge in [0.1, 0.15) is 5.75 Å². The number of methoxy groups -OCH3 is 1. The van der Waals surface area contributed by atoms with Crippen molar-refractivity contribution in [2.45, 2.75) is 26.7 Å². The van der Waals surface area contributed by atoms with E-state index in [1.165, 1.54) is 0 Å². The summed E-state index contributed by atoms with van der Waals surface area (Å²) in [7, 11) is 1.61. The van der Waals surface area contributed by atoms with Gasteiger partial charge in [0.05, 0.1) is 18.5 Å². The summed E-state index contributed by atoms with van der Waals surface area (Å²) in [5.74, 6) is 1.21. The van der Waals surface area contributed by atoms with Crippen LogP contribution in [0.3, 0.4) is 0 Å². The lowest BCUT2D eigenvalue weighted by Crippen LogP contribution is -2.37. The number of hydrogen-bond acceptors (Lipinski definition) is 3. The van der Waals surface area contributed by atoms with Crippen LogP contribution in [0.5, 0.6) is 5.75 Å². The standard InChI is InChI=1S/C16H24N2O2S/c1-12(2)11-18(9-8-15(17)21)16(19)10-13-6-4-5-7-14(13)20-3/h4-7,12H,8-11H2,1-3H3,(H2,17,21). The Balaban J connectivity index is 2.77. The predicted octanol–water partition coefficient (Wildman–Crippen LogP) is 2.40. The number of hydrogen-bond donors (Lipinski definition) is 1. The zero-order valence-corrected chi connectivity index (χ0v) is 13.8. The number of benzene rings is 1. The van der Waals surface area contributed by atoms with Crippen molar-refractivity contribution in [2.24, 2.45) is 11.7 Å². The molecule has 0 aliphatic carbocycles. The molecule has 0 fully saturated rings. The van der Waals surface area contributed by atoms with E-state index in [0.29, 0.717) is 36.8 Å². The maximum atomic E-state index is 12.5. The molecule has 0 atom stereocenters. The zero-order valence-electron chi connectivity index (χ0n) is 13.0. The summed E-state index contributed by atoms with van der Waals surface area (Å²) in [5, 5.41) is 0. The molecule has 4 nitrogen and oxygen atoms in total. The fourth-order valence-electron chi connectivity index (χ4n) is 2.13. The third-order valence-corrected chi connectivity index (χ3v) is 3.30. The van der Waals surface area contributed by atoms with Gasteiger partial charge in [-0.15, -0.1) is 0 Å². The Labute approximate surface area is 132 Å². The number of nitrogens with two attached hydrogens (primary N) is 1. The predicted molar refractivity (Wildman–Crippen MR) is 89.5 cm³/mol. The normalized spacial score (nSPS) is 10.5. The van der Waals surface area contributed by atoms with Gasteiger partial charge in [-0.05, 0) is 12.0 Å². The van der Waals surface area contributed by atoms with Gasteiger partial charge in [-0.1, -0.05) is 44.3 Å². The molecular weight excluding hydrogens is 284 g/mol. The molecule has 0 heterocycles. The Morgan fingerprint density at radius 1 is 1.38 bits per heavy atom. The molecule has 116 valence electrons. The van der Waals surface area contributed by atoms with Gasteiger partial charge in [0.25, 0.3) is 0 Å². The molecule has 0 spiro atoms. The number of amides is 1. The van der Waals surface area contributed by atoms with Gasteiger partial charge in [0.2, 0.25) is 5.91 Å². The number of thiocarbonyl (C=S) groups is 1. The molecule has 0 unspecified atom stereocenters. The van der Waals surface area contributed by atoms with Crippen LogP contribution in [-0.2, 0) is 11.2 Å². The van der Waals surface area contributed by atoms with Crippen molar-refractivity contribution in [2.75, 3.05) is 20.2 Å². The van der Waals surface area contributed by atoms with Crippen molar-refractivity contribution in [3.8, 4) is 5.75 Å². The second kappa shape index (κ2) is 8.62. The Hall–Kier alpha value is -1.62. The minimum Gasteiger partial charge on any atom is -0.496 e. The van der Waals surface area contributed by atoms with Gasteiger partial charge < -0.3 is 15.4 Å². The molecule has 0 saturated carbocycles. The number of rotatable bonds is 8. The number of nitrogens with zero attached hydrogens (tertiary/aromatic N) is 1. The second-order valence-electron chi connectivity index (χ2n) is 5.44. The minimum absolute atomic E-state index is 0.0736. The minimum atomic E-state index is 0.0736. The van der Waals surface area contributed by atoms with Crippen molar-refractivity contribution in [3.63, 3.8) is 0 Å². The monoisotopic (exact) mass is 308 g/mol. The maximum Gasteiger partial charge on any atom is 0.227 e. The topological polar surface area (TPSA) is 55.6 Å². The molecule has 1 rings (SSSR count). The molecule has 1 aromatic rings. The molecule has 21 heavy (non-hydrogen) atoms. The van der Waals surface area contributed by atoms with E-state index in [4.69, 9.17) is 22.7 Å². The van der Waals surface area contributed by atoms with Crippen molar-refractivity contribution in [3.05, 3.63) is 29.8 Å². The second-order valence-corrected chi connectivity index (χ2v) is 5.96. The molecule has 5 heteroatoms. The Morgan fingerprint density at radius 3 is 2.62 bits per heavy atom. The van der Waals surface area contributed by atoms with Crippen molar-refractivity contribution in [1.29, 1.82) is 0 Å². The number of para-hydroxylation sites is 1. The number of carbonyl (C=O) groups is 1. The third kappa shape index (κ3) is 6.12. The molecule has 0 aliphatic heterocycles. The summed E-state index contributed by atoms with van der Waals surface area (Å²) in [6, 6.07) is 7.58. The van der Waals surface area contributed by atoms with Crippen molar-refractivity contribution < 1.29 is 9.53 Å². The van der Waals surface area contributed by atoms with Gasteiger partial charge in [0, 0.05) is 25.1 Å². The van der Waals surface area contributed by atoms with Crippen molar-refractivity contribution >= 4 is 23.1 Å². The zero-order chi connectivity index (χ0) is 15.8. The summed E-state index contributed by atoms with van der Waals surface area (Å²) in [6.07, 6.45) is 0.883. The highest BCUT2D eigenvalue weighted by molar-refractivity contribution is 7.80. The third-order valence-electron chi connectivity index (χ3n) is 3.10. The van der Waals surface area contributed by atoms with E-state index in [2.05, 4.69) is 13.8 Å². The average Bonchev–Trinajstić information content (AvgIpc) is 2.43. The van der Waals surface area contributed by atoms with Crippen LogP contribution in [0.2, 0.25) is 0 Å². The lowest BCUT2D eigenvalue weighted by atomic mass is 10.1. The molecule has 0 aliphatic rings. The van der Waals surface area contributed by atoms with E-state index >= 15 is 0 Å². The number of ether oxygens (including phenoxy) is 1. The molecule has 2 N–H and O–H groups in total. The average molecular weight is 308 g/mol. The molecule has 1 amide bonds. The van der Waals surface area contributed by atoms with Gasteiger partial charge in [-0.2, -0.15) is 0 Å². The molecule has 0 radical (unpaired) electrons. The number of carbonyl (C=O) groups excluding carboxylic acids is 1. The Kier molecular flexibility index (Phi) is 7.15. The molecule has 0 bridgehead atoms. The van der Waals surface area contributed by atoms with Crippen molar-refractivity contribution in [1.82, 2.24) is 4.90 Å². The highest BCUT2D eigenvalue weighted by atomic mass is 32.1. The van der Waals surface area contributed by atoms with E-state index < -0.39 is 0 Å². The molecule has 0 aromatic heterocycles.